The summed E-state index contributed by atoms with van der Waals surface area (Å²) in [6.45, 7) is 5.82. The molecule has 0 spiro atoms. The normalized spacial score (nSPS) is 20.4. The average molecular weight is 464 g/mol. The lowest BCUT2D eigenvalue weighted by Crippen LogP contribution is -2.63. The second-order valence-electron chi connectivity index (χ2n) is 9.36. The van der Waals surface area contributed by atoms with Gasteiger partial charge in [-0.15, -0.1) is 0 Å². The Bertz CT molecular complexity index is 1240. The van der Waals surface area contributed by atoms with Crippen molar-refractivity contribution in [1.82, 2.24) is 10.3 Å². The lowest BCUT2D eigenvalue weighted by atomic mass is 9.85. The first-order chi connectivity index (χ1) is 14.6. The number of aromatic nitrogens is 1. The highest BCUT2D eigenvalue weighted by atomic mass is 32.2. The first-order valence-electron chi connectivity index (χ1n) is 9.98. The van der Waals surface area contributed by atoms with Crippen molar-refractivity contribution in [3.63, 3.8) is 0 Å². The molecule has 2 amide bonds. The van der Waals surface area contributed by atoms with Crippen molar-refractivity contribution < 1.29 is 26.8 Å². The molecule has 0 radical (unpaired) electrons. The van der Waals surface area contributed by atoms with Gasteiger partial charge in [0.05, 0.1) is 40.0 Å². The molecule has 10 heteroatoms. The summed E-state index contributed by atoms with van der Waals surface area (Å²) in [7, 11) is -3.13. The molecule has 1 fully saturated rings. The number of pyridine rings is 1. The topological polar surface area (TPSA) is 96.4 Å². The van der Waals surface area contributed by atoms with E-state index in [1.54, 1.807) is 32.9 Å². The van der Waals surface area contributed by atoms with Crippen molar-refractivity contribution in [3.8, 4) is 0 Å². The third kappa shape index (κ3) is 3.66. The highest BCUT2D eigenvalue weighted by molar-refractivity contribution is 7.93. The van der Waals surface area contributed by atoms with Crippen LogP contribution in [0.2, 0.25) is 0 Å². The monoisotopic (exact) mass is 463 g/mol. The van der Waals surface area contributed by atoms with Crippen LogP contribution in [0, 0.1) is 0 Å². The molecule has 170 valence electrons. The second-order valence-corrected chi connectivity index (χ2v) is 11.4. The number of benzene rings is 1. The first-order valence-corrected chi connectivity index (χ1v) is 11.8. The molecule has 0 aliphatic carbocycles. The van der Waals surface area contributed by atoms with Gasteiger partial charge in [-0.25, -0.2) is 17.2 Å². The Morgan fingerprint density at radius 1 is 1.16 bits per heavy atom. The Balaban J connectivity index is 1.69. The van der Waals surface area contributed by atoms with Gasteiger partial charge >= 0.3 is 0 Å². The van der Waals surface area contributed by atoms with Gasteiger partial charge in [0, 0.05) is 24.2 Å². The maximum absolute atomic E-state index is 13.8. The molecule has 0 bridgehead atoms. The lowest BCUT2D eigenvalue weighted by molar-refractivity contribution is -0.121. The molecule has 3 heterocycles. The zero-order chi connectivity index (χ0) is 23.7. The van der Waals surface area contributed by atoms with Crippen LogP contribution in [-0.4, -0.2) is 42.3 Å². The van der Waals surface area contributed by atoms with Crippen LogP contribution >= 0.6 is 0 Å². The van der Waals surface area contributed by atoms with Gasteiger partial charge in [0.15, 0.2) is 9.84 Å². The summed E-state index contributed by atoms with van der Waals surface area (Å²) in [6, 6.07) is 5.94. The highest BCUT2D eigenvalue weighted by Crippen LogP contribution is 2.46. The van der Waals surface area contributed by atoms with Gasteiger partial charge in [0.1, 0.15) is 0 Å². The number of nitrogens with zero attached hydrogens (tertiary/aromatic N) is 2. The number of carbonyl (C=O) groups excluding carboxylic acids is 2. The molecular weight excluding hydrogens is 440 g/mol. The van der Waals surface area contributed by atoms with Crippen LogP contribution in [0.1, 0.15) is 49.2 Å². The molecule has 2 aliphatic rings. The van der Waals surface area contributed by atoms with E-state index in [1.165, 1.54) is 23.2 Å². The molecule has 1 aromatic heterocycles. The Kier molecular flexibility index (Phi) is 4.75. The fraction of sp³-hybridized carbons (Fsp3) is 0.409. The standard InChI is InChI=1S/C22H23F2N3O4S/c1-20(2)16-7-13(18(28)26-21(3)11-32(30,31)12-21)5-6-17(16)27(19(20)29)15-8-14(9-25-10-15)22(4,23)24/h5-10H,11-12H2,1-4H3,(H,26,28). The maximum Gasteiger partial charge on any atom is 0.272 e. The summed E-state index contributed by atoms with van der Waals surface area (Å²) in [6.07, 6.45) is 2.40. The summed E-state index contributed by atoms with van der Waals surface area (Å²) >= 11 is 0. The van der Waals surface area contributed by atoms with E-state index in [0.29, 0.717) is 11.3 Å². The number of hydrogen-bond donors (Lipinski definition) is 1. The van der Waals surface area contributed by atoms with Crippen LogP contribution in [0.4, 0.5) is 20.2 Å². The Morgan fingerprint density at radius 2 is 1.81 bits per heavy atom. The van der Waals surface area contributed by atoms with E-state index in [1.807, 2.05) is 0 Å². The minimum Gasteiger partial charge on any atom is -0.345 e. The van der Waals surface area contributed by atoms with Gasteiger partial charge in [-0.05, 0) is 50.6 Å². The molecule has 2 aromatic rings. The van der Waals surface area contributed by atoms with Crippen molar-refractivity contribution >= 4 is 33.0 Å². The number of halogens is 2. The highest BCUT2D eigenvalue weighted by Gasteiger charge is 2.47. The number of alkyl halides is 2. The number of sulfone groups is 1. The van der Waals surface area contributed by atoms with E-state index >= 15 is 0 Å². The van der Waals surface area contributed by atoms with E-state index in [9.17, 15) is 26.8 Å². The number of nitrogens with one attached hydrogen (secondary N) is 1. The SMILES string of the molecule is CC1(NC(=O)c2ccc3c(c2)C(C)(C)C(=O)N3c2cncc(C(C)(F)F)c2)CS(=O)(=O)C1. The van der Waals surface area contributed by atoms with Crippen LogP contribution in [0.3, 0.4) is 0 Å². The Labute approximate surface area is 184 Å². The van der Waals surface area contributed by atoms with Gasteiger partial charge < -0.3 is 5.32 Å². The summed E-state index contributed by atoms with van der Waals surface area (Å²) < 4.78 is 50.6. The van der Waals surface area contributed by atoms with E-state index in [-0.39, 0.29) is 34.2 Å². The largest absolute Gasteiger partial charge is 0.345 e. The zero-order valence-electron chi connectivity index (χ0n) is 18.1. The van der Waals surface area contributed by atoms with Crippen molar-refractivity contribution in [2.45, 2.75) is 44.6 Å². The Hall–Kier alpha value is -2.88. The Morgan fingerprint density at radius 3 is 2.41 bits per heavy atom. The molecule has 0 saturated carbocycles. The minimum atomic E-state index is -3.13. The summed E-state index contributed by atoms with van der Waals surface area (Å²) in [5.74, 6) is -4.14. The zero-order valence-corrected chi connectivity index (χ0v) is 18.9. The number of carbonyl (C=O) groups is 2. The number of hydrogen-bond acceptors (Lipinski definition) is 5. The van der Waals surface area contributed by atoms with Gasteiger partial charge in [-0.1, -0.05) is 0 Å². The van der Waals surface area contributed by atoms with E-state index < -0.39 is 32.6 Å². The molecule has 2 aliphatic heterocycles. The molecule has 1 saturated heterocycles. The molecule has 0 atom stereocenters. The third-order valence-corrected chi connectivity index (χ3v) is 8.05. The molecule has 7 nitrogen and oxygen atoms in total. The fourth-order valence-electron chi connectivity index (χ4n) is 4.27. The van der Waals surface area contributed by atoms with Gasteiger partial charge in [0.2, 0.25) is 5.91 Å². The van der Waals surface area contributed by atoms with Crippen LogP contribution in [0.25, 0.3) is 0 Å². The van der Waals surface area contributed by atoms with Crippen molar-refractivity contribution in [2.75, 3.05) is 16.4 Å². The van der Waals surface area contributed by atoms with Crippen LogP contribution in [-0.2, 0) is 26.0 Å². The second kappa shape index (κ2) is 6.81. The van der Waals surface area contributed by atoms with E-state index in [4.69, 9.17) is 0 Å². The number of amides is 2. The van der Waals surface area contributed by atoms with E-state index in [0.717, 1.165) is 13.1 Å². The molecule has 1 N–H and O–H groups in total. The third-order valence-electron chi connectivity index (χ3n) is 5.89. The summed E-state index contributed by atoms with van der Waals surface area (Å²) in [4.78, 5) is 31.2. The first kappa shape index (κ1) is 22.3. The molecule has 1 aromatic carbocycles. The van der Waals surface area contributed by atoms with Crippen molar-refractivity contribution in [3.05, 3.63) is 53.3 Å². The average Bonchev–Trinajstić information content (AvgIpc) is 2.85. The molecule has 0 unspecified atom stereocenters. The van der Waals surface area contributed by atoms with Gasteiger partial charge in [-0.2, -0.15) is 0 Å². The van der Waals surface area contributed by atoms with Crippen molar-refractivity contribution in [2.24, 2.45) is 0 Å². The number of fused-ring (bicyclic) bond motifs is 1. The van der Waals surface area contributed by atoms with Crippen molar-refractivity contribution in [1.29, 1.82) is 0 Å². The summed E-state index contributed by atoms with van der Waals surface area (Å²) in [5, 5.41) is 2.75. The lowest BCUT2D eigenvalue weighted by Gasteiger charge is -2.38. The van der Waals surface area contributed by atoms with Gasteiger partial charge in [0.25, 0.3) is 11.8 Å². The quantitative estimate of drug-likeness (QED) is 0.752. The van der Waals surface area contributed by atoms with Gasteiger partial charge in [-0.3, -0.25) is 19.5 Å². The predicted molar refractivity (Wildman–Crippen MR) is 115 cm³/mol. The fourth-order valence-corrected chi connectivity index (χ4v) is 6.27. The van der Waals surface area contributed by atoms with E-state index in [2.05, 4.69) is 10.3 Å². The molecular formula is C22H23F2N3O4S. The minimum absolute atomic E-state index is 0.125. The number of rotatable bonds is 4. The maximum atomic E-state index is 13.8. The summed E-state index contributed by atoms with van der Waals surface area (Å²) in [5.41, 5.74) is -0.616. The van der Waals surface area contributed by atoms with Crippen LogP contribution < -0.4 is 10.2 Å². The smallest absolute Gasteiger partial charge is 0.272 e. The van der Waals surface area contributed by atoms with Crippen LogP contribution in [0.5, 0.6) is 0 Å². The van der Waals surface area contributed by atoms with Crippen LogP contribution in [0.15, 0.2) is 36.7 Å². The predicted octanol–water partition coefficient (Wildman–Crippen LogP) is 3.07. The molecule has 4 rings (SSSR count). The number of anilines is 2. The molecule has 32 heavy (non-hydrogen) atoms.